The second kappa shape index (κ2) is 5.66. The molecule has 0 bridgehead atoms. The van der Waals surface area contributed by atoms with Crippen LogP contribution >= 0.6 is 31.9 Å². The number of nitrogens with zero attached hydrogens (tertiary/aromatic N) is 2. The molecule has 1 aromatic carbocycles. The van der Waals surface area contributed by atoms with Gasteiger partial charge in [0.25, 0.3) is 5.69 Å². The zero-order valence-corrected chi connectivity index (χ0v) is 12.9. The van der Waals surface area contributed by atoms with E-state index in [1.54, 1.807) is 18.3 Å². The van der Waals surface area contributed by atoms with Crippen molar-refractivity contribution in [3.8, 4) is 11.6 Å². The third-order valence-electron chi connectivity index (χ3n) is 2.29. The van der Waals surface area contributed by atoms with Gasteiger partial charge in [0.2, 0.25) is 5.88 Å². The molecule has 1 aromatic heterocycles. The van der Waals surface area contributed by atoms with Crippen molar-refractivity contribution in [1.29, 1.82) is 0 Å². The molecule has 0 saturated carbocycles. The second-order valence-corrected chi connectivity index (χ2v) is 5.40. The number of halogens is 2. The molecule has 0 unspecified atom stereocenters. The lowest BCUT2D eigenvalue weighted by molar-refractivity contribution is -0.385. The zero-order valence-electron chi connectivity index (χ0n) is 9.76. The Hall–Kier alpha value is -1.47. The molecule has 2 aromatic rings. The highest BCUT2D eigenvalue weighted by Crippen LogP contribution is 2.37. The summed E-state index contributed by atoms with van der Waals surface area (Å²) in [6.45, 7) is 1.91. The molecule has 0 aliphatic heterocycles. The fraction of sp³-hybridized carbons (Fsp3) is 0.0833. The molecule has 1 heterocycles. The van der Waals surface area contributed by atoms with E-state index in [4.69, 9.17) is 4.74 Å². The third-order valence-corrected chi connectivity index (χ3v) is 3.66. The number of aromatic nitrogens is 1. The molecular weight excluding hydrogens is 380 g/mol. The van der Waals surface area contributed by atoms with Crippen molar-refractivity contribution in [2.24, 2.45) is 0 Å². The Bertz CT molecular complexity index is 647. The Labute approximate surface area is 126 Å². The Kier molecular flexibility index (Phi) is 4.16. The summed E-state index contributed by atoms with van der Waals surface area (Å²) in [5.74, 6) is 0.693. The van der Waals surface area contributed by atoms with Crippen LogP contribution in [0.1, 0.15) is 5.56 Å². The van der Waals surface area contributed by atoms with E-state index in [1.807, 2.05) is 13.0 Å². The zero-order chi connectivity index (χ0) is 14.0. The molecular formula is C12H8Br2N2O3. The third kappa shape index (κ3) is 3.10. The van der Waals surface area contributed by atoms with Crippen LogP contribution in [0.2, 0.25) is 0 Å². The molecule has 0 N–H and O–H groups in total. The summed E-state index contributed by atoms with van der Waals surface area (Å²) in [5, 5.41) is 10.8. The largest absolute Gasteiger partial charge is 0.436 e. The number of hydrogen-bond donors (Lipinski definition) is 0. The summed E-state index contributed by atoms with van der Waals surface area (Å²) in [4.78, 5) is 14.5. The molecule has 0 aliphatic carbocycles. The molecule has 0 aliphatic rings. The van der Waals surface area contributed by atoms with Crippen LogP contribution in [0.3, 0.4) is 0 Å². The molecule has 19 heavy (non-hydrogen) atoms. The summed E-state index contributed by atoms with van der Waals surface area (Å²) < 4.78 is 6.55. The quantitative estimate of drug-likeness (QED) is 0.569. The lowest BCUT2D eigenvalue weighted by atomic mass is 10.3. The smallest absolute Gasteiger partial charge is 0.287 e. The Morgan fingerprint density at radius 3 is 2.74 bits per heavy atom. The van der Waals surface area contributed by atoms with E-state index in [0.29, 0.717) is 16.1 Å². The molecule has 0 fully saturated rings. The van der Waals surface area contributed by atoms with Gasteiger partial charge in [0.15, 0.2) is 5.75 Å². The van der Waals surface area contributed by atoms with Gasteiger partial charge in [-0.15, -0.1) is 0 Å². The van der Waals surface area contributed by atoms with Gasteiger partial charge in [0.1, 0.15) is 4.47 Å². The monoisotopic (exact) mass is 386 g/mol. The average molecular weight is 388 g/mol. The minimum absolute atomic E-state index is 0.0549. The van der Waals surface area contributed by atoms with Crippen LogP contribution < -0.4 is 4.74 Å². The van der Waals surface area contributed by atoms with E-state index in [0.717, 1.165) is 5.56 Å². The molecule has 0 atom stereocenters. The number of aryl methyl sites for hydroxylation is 1. The summed E-state index contributed by atoms with van der Waals surface area (Å²) in [7, 11) is 0. The summed E-state index contributed by atoms with van der Waals surface area (Å²) in [6.07, 6.45) is 1.66. The minimum atomic E-state index is -0.478. The normalized spacial score (nSPS) is 10.3. The topological polar surface area (TPSA) is 65.3 Å². The van der Waals surface area contributed by atoms with E-state index < -0.39 is 4.92 Å². The van der Waals surface area contributed by atoms with Crippen molar-refractivity contribution < 1.29 is 9.66 Å². The average Bonchev–Trinajstić information content (AvgIpc) is 2.34. The Morgan fingerprint density at radius 1 is 1.37 bits per heavy atom. The number of nitro benzene ring substituents is 1. The Morgan fingerprint density at radius 2 is 2.11 bits per heavy atom. The van der Waals surface area contributed by atoms with Crippen molar-refractivity contribution in [2.75, 3.05) is 0 Å². The van der Waals surface area contributed by atoms with Crippen LogP contribution in [-0.2, 0) is 0 Å². The first-order chi connectivity index (χ1) is 8.99. The lowest BCUT2D eigenvalue weighted by Gasteiger charge is -2.08. The highest BCUT2D eigenvalue weighted by atomic mass is 79.9. The minimum Gasteiger partial charge on any atom is -0.436 e. The van der Waals surface area contributed by atoms with E-state index in [1.165, 1.54) is 6.07 Å². The second-order valence-electron chi connectivity index (χ2n) is 3.75. The molecule has 2 rings (SSSR count). The molecule has 0 saturated heterocycles. The van der Waals surface area contributed by atoms with Crippen LogP contribution in [0.4, 0.5) is 5.69 Å². The lowest BCUT2D eigenvalue weighted by Crippen LogP contribution is -1.94. The number of pyridine rings is 1. The molecule has 98 valence electrons. The van der Waals surface area contributed by atoms with Crippen molar-refractivity contribution in [2.45, 2.75) is 6.92 Å². The van der Waals surface area contributed by atoms with Gasteiger partial charge in [-0.3, -0.25) is 10.1 Å². The fourth-order valence-corrected chi connectivity index (χ4v) is 2.45. The molecule has 0 amide bonds. The number of ether oxygens (including phenoxy) is 1. The van der Waals surface area contributed by atoms with Crippen LogP contribution in [-0.4, -0.2) is 9.91 Å². The first-order valence-electron chi connectivity index (χ1n) is 5.22. The number of nitro groups is 1. The maximum Gasteiger partial charge on any atom is 0.287 e. The van der Waals surface area contributed by atoms with Gasteiger partial charge in [0, 0.05) is 12.3 Å². The van der Waals surface area contributed by atoms with Crippen molar-refractivity contribution in [3.05, 3.63) is 55.1 Å². The number of rotatable bonds is 3. The van der Waals surface area contributed by atoms with Crippen molar-refractivity contribution >= 4 is 37.5 Å². The van der Waals surface area contributed by atoms with Crippen molar-refractivity contribution in [3.63, 3.8) is 0 Å². The van der Waals surface area contributed by atoms with E-state index in [-0.39, 0.29) is 10.2 Å². The predicted octanol–water partition coefficient (Wildman–Crippen LogP) is 4.62. The SMILES string of the molecule is Cc1cnc(Oc2cccc([N+](=O)[O-])c2Br)c(Br)c1. The molecule has 0 radical (unpaired) electrons. The van der Waals surface area contributed by atoms with E-state index in [9.17, 15) is 10.1 Å². The van der Waals surface area contributed by atoms with Gasteiger partial charge < -0.3 is 4.74 Å². The maximum absolute atomic E-state index is 10.8. The van der Waals surface area contributed by atoms with Gasteiger partial charge in [-0.05, 0) is 56.5 Å². The molecule has 5 nitrogen and oxygen atoms in total. The van der Waals surface area contributed by atoms with Gasteiger partial charge in [-0.1, -0.05) is 6.07 Å². The molecule has 0 spiro atoms. The first kappa shape index (κ1) is 14.0. The summed E-state index contributed by atoms with van der Waals surface area (Å²) in [5.41, 5.74) is 0.929. The van der Waals surface area contributed by atoms with E-state index >= 15 is 0 Å². The van der Waals surface area contributed by atoms with E-state index in [2.05, 4.69) is 36.8 Å². The van der Waals surface area contributed by atoms with Crippen molar-refractivity contribution in [1.82, 2.24) is 4.98 Å². The predicted molar refractivity (Wildman–Crippen MR) is 77.5 cm³/mol. The summed E-state index contributed by atoms with van der Waals surface area (Å²) in [6, 6.07) is 6.44. The highest BCUT2D eigenvalue weighted by Gasteiger charge is 2.17. The van der Waals surface area contributed by atoms with Gasteiger partial charge >= 0.3 is 0 Å². The maximum atomic E-state index is 10.8. The summed E-state index contributed by atoms with van der Waals surface area (Å²) >= 11 is 6.51. The highest BCUT2D eigenvalue weighted by molar-refractivity contribution is 9.11. The van der Waals surface area contributed by atoms with Gasteiger partial charge in [0.05, 0.1) is 9.40 Å². The van der Waals surface area contributed by atoms with Crippen LogP contribution in [0.15, 0.2) is 39.4 Å². The standard InChI is InChI=1S/C12H8Br2N2O3/c1-7-5-8(13)12(15-6-7)19-10-4-2-3-9(11(10)14)16(17)18/h2-6H,1H3. The number of benzene rings is 1. The Balaban J connectivity index is 2.38. The van der Waals surface area contributed by atoms with Crippen LogP contribution in [0.25, 0.3) is 0 Å². The van der Waals surface area contributed by atoms with Crippen LogP contribution in [0, 0.1) is 17.0 Å². The van der Waals surface area contributed by atoms with Gasteiger partial charge in [-0.2, -0.15) is 0 Å². The molecule has 7 heteroatoms. The number of hydrogen-bond acceptors (Lipinski definition) is 4. The van der Waals surface area contributed by atoms with Crippen LogP contribution in [0.5, 0.6) is 11.6 Å². The van der Waals surface area contributed by atoms with Gasteiger partial charge in [-0.25, -0.2) is 4.98 Å². The first-order valence-corrected chi connectivity index (χ1v) is 6.80. The fourth-order valence-electron chi connectivity index (χ4n) is 1.42.